The maximum absolute atomic E-state index is 14.8. The quantitative estimate of drug-likeness (QED) is 0.135. The van der Waals surface area contributed by atoms with Gasteiger partial charge in [0.1, 0.15) is 23.8 Å². The number of anilines is 2. The third-order valence-corrected chi connectivity index (χ3v) is 5.94. The molecule has 12 heteroatoms. The molecular formula is C27H31F2N7O3. The highest BCUT2D eigenvalue weighted by molar-refractivity contribution is 6.16. The summed E-state index contributed by atoms with van der Waals surface area (Å²) in [6, 6.07) is 8.84. The molecule has 0 bridgehead atoms. The molecule has 1 unspecified atom stereocenters. The van der Waals surface area contributed by atoms with Gasteiger partial charge in [0.2, 0.25) is 5.82 Å². The second-order valence-electron chi connectivity index (χ2n) is 8.58. The molecule has 0 spiro atoms. The zero-order valence-corrected chi connectivity index (χ0v) is 22.2. The molecular weight excluding hydrogens is 508 g/mol. The molecule has 1 atom stereocenters. The molecule has 1 aromatic heterocycles. The molecule has 0 saturated carbocycles. The van der Waals surface area contributed by atoms with Crippen molar-refractivity contribution in [3.05, 3.63) is 71.1 Å². The number of nitrogens with zero attached hydrogens (tertiary/aromatic N) is 4. The number of methoxy groups -OCH3 is 2. The number of rotatable bonds is 12. The number of nitrogens with one attached hydrogen (secondary N) is 2. The molecule has 2 aromatic carbocycles. The van der Waals surface area contributed by atoms with Crippen molar-refractivity contribution < 1.29 is 23.0 Å². The van der Waals surface area contributed by atoms with Crippen LogP contribution in [-0.4, -0.2) is 73.2 Å². The van der Waals surface area contributed by atoms with Gasteiger partial charge in [-0.25, -0.2) is 19.4 Å². The first kappa shape index (κ1) is 29.1. The fourth-order valence-electron chi connectivity index (χ4n) is 3.93. The summed E-state index contributed by atoms with van der Waals surface area (Å²) in [5.74, 6) is -2.19. The Hall–Kier alpha value is -4.45. The molecule has 3 rings (SSSR count). The van der Waals surface area contributed by atoms with Crippen LogP contribution in [0.2, 0.25) is 0 Å². The molecule has 0 aliphatic heterocycles. The number of aliphatic imine (C=N–C) groups is 1. The number of nitrogens with two attached hydrogens (primary N) is 1. The van der Waals surface area contributed by atoms with Gasteiger partial charge in [0.25, 0.3) is 0 Å². The molecule has 0 fully saturated rings. The number of nitrogen functional groups attached to an aromatic ring is 1. The van der Waals surface area contributed by atoms with Gasteiger partial charge in [0, 0.05) is 38.4 Å². The van der Waals surface area contributed by atoms with Crippen LogP contribution in [0.15, 0.2) is 47.7 Å². The van der Waals surface area contributed by atoms with E-state index >= 15 is 0 Å². The number of hydrogen-bond donors (Lipinski definition) is 3. The van der Waals surface area contributed by atoms with E-state index in [0.717, 1.165) is 6.29 Å². The lowest BCUT2D eigenvalue weighted by atomic mass is 10.0. The predicted octanol–water partition coefficient (Wildman–Crippen LogP) is 4.07. The molecule has 0 amide bonds. The van der Waals surface area contributed by atoms with Gasteiger partial charge in [-0.1, -0.05) is 12.1 Å². The maximum Gasteiger partial charge on any atom is 0.201 e. The summed E-state index contributed by atoms with van der Waals surface area (Å²) < 4.78 is 39.2. The fraction of sp³-hybridized carbons (Fsp3) is 0.296. The second-order valence-corrected chi connectivity index (χ2v) is 8.58. The van der Waals surface area contributed by atoms with Crippen LogP contribution in [0, 0.1) is 17.0 Å². The maximum atomic E-state index is 14.8. The fourth-order valence-corrected chi connectivity index (χ4v) is 3.93. The average molecular weight is 540 g/mol. The van der Waals surface area contributed by atoms with Gasteiger partial charge in [0.05, 0.1) is 30.1 Å². The molecule has 206 valence electrons. The first-order valence-electron chi connectivity index (χ1n) is 12.0. The van der Waals surface area contributed by atoms with E-state index in [4.69, 9.17) is 25.6 Å². The van der Waals surface area contributed by atoms with E-state index in [2.05, 4.69) is 15.3 Å². The molecule has 0 aliphatic rings. The molecule has 39 heavy (non-hydrogen) atoms. The van der Waals surface area contributed by atoms with Crippen molar-refractivity contribution in [2.75, 3.05) is 45.5 Å². The summed E-state index contributed by atoms with van der Waals surface area (Å²) in [6.45, 7) is 2.94. The van der Waals surface area contributed by atoms with E-state index in [1.807, 2.05) is 18.9 Å². The number of carbonyl (C=O) groups excluding carboxylic acids is 1. The Labute approximate surface area is 225 Å². The summed E-state index contributed by atoms with van der Waals surface area (Å²) in [5.41, 5.74) is 6.21. The number of aldehydes is 1. The third kappa shape index (κ3) is 6.71. The van der Waals surface area contributed by atoms with Crippen LogP contribution in [0.5, 0.6) is 5.75 Å². The van der Waals surface area contributed by atoms with Crippen LogP contribution in [0.4, 0.5) is 26.1 Å². The van der Waals surface area contributed by atoms with Gasteiger partial charge in [-0.3, -0.25) is 10.2 Å². The van der Waals surface area contributed by atoms with Gasteiger partial charge in [-0.05, 0) is 37.6 Å². The molecule has 3 aromatic rings. The highest BCUT2D eigenvalue weighted by Gasteiger charge is 2.25. The zero-order valence-electron chi connectivity index (χ0n) is 22.2. The predicted molar refractivity (Wildman–Crippen MR) is 146 cm³/mol. The minimum atomic E-state index is -1.26. The van der Waals surface area contributed by atoms with Crippen molar-refractivity contribution in [2.24, 2.45) is 4.99 Å². The Balaban J connectivity index is 2.03. The SMILES string of the molecule is COCCCN(C)/C(=N\c1ccccc1C=O)C(C)Nc1ncnc(N)c1C(=N)c1ccc(OC)c(F)c1F. The Bertz CT molecular complexity index is 1370. The van der Waals surface area contributed by atoms with Gasteiger partial charge < -0.3 is 25.4 Å². The van der Waals surface area contributed by atoms with Crippen LogP contribution in [0.3, 0.4) is 0 Å². The first-order valence-corrected chi connectivity index (χ1v) is 12.0. The zero-order chi connectivity index (χ0) is 28.5. The number of aromatic nitrogens is 2. The first-order chi connectivity index (χ1) is 18.7. The number of ether oxygens (including phenoxy) is 2. The summed E-state index contributed by atoms with van der Waals surface area (Å²) in [6.07, 6.45) is 2.65. The van der Waals surface area contributed by atoms with Crippen LogP contribution < -0.4 is 15.8 Å². The van der Waals surface area contributed by atoms with E-state index in [-0.39, 0.29) is 28.5 Å². The second kappa shape index (κ2) is 13.4. The Morgan fingerprint density at radius 2 is 1.95 bits per heavy atom. The molecule has 0 saturated heterocycles. The van der Waals surface area contributed by atoms with Crippen molar-refractivity contribution in [3.8, 4) is 5.75 Å². The van der Waals surface area contributed by atoms with Gasteiger partial charge >= 0.3 is 0 Å². The standard InChI is InChI=1S/C27H31F2N7O3/c1-16(27(36(2)12-7-13-38-3)35-19-9-6-5-8-17(19)14-37)34-26-21(25(31)32-15-33-26)24(30)18-10-11-20(39-4)23(29)22(18)28/h5-6,8-11,14-16,30H,7,12-13H2,1-4H3,(H3,31,32,33,34)/b30-24?,35-27-. The van der Waals surface area contributed by atoms with Crippen molar-refractivity contribution in [2.45, 2.75) is 19.4 Å². The number of para-hydroxylation sites is 1. The number of hydrogen-bond acceptors (Lipinski definition) is 9. The molecule has 1 heterocycles. The highest BCUT2D eigenvalue weighted by atomic mass is 19.2. The van der Waals surface area contributed by atoms with E-state index < -0.39 is 23.4 Å². The summed E-state index contributed by atoms with van der Waals surface area (Å²) >= 11 is 0. The van der Waals surface area contributed by atoms with Crippen LogP contribution in [0.1, 0.15) is 34.8 Å². The van der Waals surface area contributed by atoms with Crippen molar-refractivity contribution >= 4 is 35.2 Å². The lowest BCUT2D eigenvalue weighted by molar-refractivity contribution is 0.112. The topological polar surface area (TPSA) is 139 Å². The summed E-state index contributed by atoms with van der Waals surface area (Å²) in [7, 11) is 4.68. The van der Waals surface area contributed by atoms with Crippen LogP contribution in [-0.2, 0) is 4.74 Å². The average Bonchev–Trinajstić information content (AvgIpc) is 2.93. The molecule has 0 aliphatic carbocycles. The lowest BCUT2D eigenvalue weighted by Gasteiger charge is -2.27. The van der Waals surface area contributed by atoms with E-state index in [0.29, 0.717) is 36.7 Å². The van der Waals surface area contributed by atoms with E-state index in [1.165, 1.54) is 25.6 Å². The van der Waals surface area contributed by atoms with E-state index in [9.17, 15) is 13.6 Å². The minimum absolute atomic E-state index is 0.0116. The van der Waals surface area contributed by atoms with Gasteiger partial charge in [-0.2, -0.15) is 4.39 Å². The van der Waals surface area contributed by atoms with Crippen molar-refractivity contribution in [3.63, 3.8) is 0 Å². The smallest absolute Gasteiger partial charge is 0.201 e. The number of benzene rings is 2. The normalized spacial score (nSPS) is 12.1. The largest absolute Gasteiger partial charge is 0.494 e. The minimum Gasteiger partial charge on any atom is -0.494 e. The monoisotopic (exact) mass is 539 g/mol. The molecule has 10 nitrogen and oxygen atoms in total. The lowest BCUT2D eigenvalue weighted by Crippen LogP contribution is -2.40. The molecule has 4 N–H and O–H groups in total. The van der Waals surface area contributed by atoms with Crippen molar-refractivity contribution in [1.82, 2.24) is 14.9 Å². The number of halogens is 2. The number of carbonyl (C=O) groups is 1. The van der Waals surface area contributed by atoms with Gasteiger partial charge in [-0.15, -0.1) is 0 Å². The third-order valence-electron chi connectivity index (χ3n) is 5.94. The van der Waals surface area contributed by atoms with Crippen LogP contribution >= 0.6 is 0 Å². The number of amidine groups is 1. The van der Waals surface area contributed by atoms with E-state index in [1.54, 1.807) is 31.4 Å². The Kier molecular flexibility index (Phi) is 9.98. The summed E-state index contributed by atoms with van der Waals surface area (Å²) in [5, 5.41) is 11.8. The Morgan fingerprint density at radius 1 is 1.21 bits per heavy atom. The number of likely N-dealkylation sites (N-methyl/N-ethyl adjacent to an activating group) is 1. The van der Waals surface area contributed by atoms with Crippen LogP contribution in [0.25, 0.3) is 0 Å². The molecule has 0 radical (unpaired) electrons. The summed E-state index contributed by atoms with van der Waals surface area (Å²) in [4.78, 5) is 26.5. The van der Waals surface area contributed by atoms with Gasteiger partial charge in [0.15, 0.2) is 17.9 Å². The Morgan fingerprint density at radius 3 is 2.64 bits per heavy atom. The van der Waals surface area contributed by atoms with Crippen molar-refractivity contribution in [1.29, 1.82) is 5.41 Å². The highest BCUT2D eigenvalue weighted by Crippen LogP contribution is 2.28.